The monoisotopic (exact) mass is 300 g/mol. The van der Waals surface area contributed by atoms with E-state index in [2.05, 4.69) is 31.3 Å². The number of amides is 1. The maximum atomic E-state index is 12.0. The third-order valence-electron chi connectivity index (χ3n) is 2.52. The van der Waals surface area contributed by atoms with Crippen molar-refractivity contribution in [3.63, 3.8) is 0 Å². The van der Waals surface area contributed by atoms with E-state index in [4.69, 9.17) is 4.74 Å². The van der Waals surface area contributed by atoms with E-state index in [0.29, 0.717) is 19.7 Å². The Hall–Kier alpha value is -1.27. The van der Waals surface area contributed by atoms with E-state index < -0.39 is 12.0 Å². The molecule has 5 nitrogen and oxygen atoms in total. The fraction of sp³-hybridized carbons (Fsp3) is 0.571. The number of carbonyl (C=O) groups excluding carboxylic acids is 2. The first-order chi connectivity index (χ1) is 9.56. The highest BCUT2D eigenvalue weighted by molar-refractivity contribution is 7.77. The SMILES string of the molecule is C=CCNC(=O)[C@@H](CC(=O)OCCCC)N(S)CC=C. The van der Waals surface area contributed by atoms with Crippen LogP contribution < -0.4 is 5.32 Å². The zero-order valence-corrected chi connectivity index (χ0v) is 12.9. The molecule has 0 aromatic rings. The Morgan fingerprint density at radius 1 is 1.40 bits per heavy atom. The van der Waals surface area contributed by atoms with Gasteiger partial charge in [-0.1, -0.05) is 38.3 Å². The number of unbranched alkanes of at least 4 members (excludes halogenated alkanes) is 1. The summed E-state index contributed by atoms with van der Waals surface area (Å²) in [4.78, 5) is 23.7. The van der Waals surface area contributed by atoms with Gasteiger partial charge in [-0.2, -0.15) is 0 Å². The van der Waals surface area contributed by atoms with Gasteiger partial charge in [-0.25, -0.2) is 4.31 Å². The van der Waals surface area contributed by atoms with Crippen LogP contribution >= 0.6 is 12.8 Å². The molecule has 1 amide bonds. The summed E-state index contributed by atoms with van der Waals surface area (Å²) in [7, 11) is 0. The first kappa shape index (κ1) is 18.7. The van der Waals surface area contributed by atoms with Gasteiger partial charge in [0, 0.05) is 13.1 Å². The summed E-state index contributed by atoms with van der Waals surface area (Å²) in [5.74, 6) is -0.686. The Morgan fingerprint density at radius 2 is 2.10 bits per heavy atom. The smallest absolute Gasteiger partial charge is 0.307 e. The molecule has 0 aliphatic rings. The van der Waals surface area contributed by atoms with Crippen LogP contribution in [0.4, 0.5) is 0 Å². The second-order valence-electron chi connectivity index (χ2n) is 4.24. The molecule has 6 heteroatoms. The van der Waals surface area contributed by atoms with Crippen LogP contribution in [0.3, 0.4) is 0 Å². The Bertz CT molecular complexity index is 334. The maximum Gasteiger partial charge on any atom is 0.307 e. The van der Waals surface area contributed by atoms with Crippen LogP contribution in [0.2, 0.25) is 0 Å². The normalized spacial score (nSPS) is 11.8. The molecule has 0 aromatic carbocycles. The van der Waals surface area contributed by atoms with Crippen molar-refractivity contribution in [2.45, 2.75) is 32.2 Å². The van der Waals surface area contributed by atoms with Crippen molar-refractivity contribution in [2.24, 2.45) is 0 Å². The van der Waals surface area contributed by atoms with Crippen molar-refractivity contribution in [1.82, 2.24) is 9.62 Å². The van der Waals surface area contributed by atoms with E-state index in [-0.39, 0.29) is 12.3 Å². The molecule has 0 aromatic heterocycles. The fourth-order valence-electron chi connectivity index (χ4n) is 1.43. The summed E-state index contributed by atoms with van der Waals surface area (Å²) in [5, 5.41) is 2.65. The third kappa shape index (κ3) is 8.01. The Balaban J connectivity index is 4.50. The molecule has 1 N–H and O–H groups in total. The van der Waals surface area contributed by atoms with E-state index in [1.807, 2.05) is 6.92 Å². The predicted molar refractivity (Wildman–Crippen MR) is 83.4 cm³/mol. The number of rotatable bonds is 11. The lowest BCUT2D eigenvalue weighted by molar-refractivity contribution is -0.146. The molecule has 0 aliphatic carbocycles. The molecular formula is C14H24N2O3S. The van der Waals surface area contributed by atoms with E-state index in [0.717, 1.165) is 12.8 Å². The summed E-state index contributed by atoms with van der Waals surface area (Å²) >= 11 is 4.22. The topological polar surface area (TPSA) is 58.6 Å². The maximum absolute atomic E-state index is 12.0. The van der Waals surface area contributed by atoms with Crippen LogP contribution in [-0.2, 0) is 14.3 Å². The van der Waals surface area contributed by atoms with Gasteiger partial charge in [0.25, 0.3) is 0 Å². The largest absolute Gasteiger partial charge is 0.466 e. The molecule has 1 atom stereocenters. The highest BCUT2D eigenvalue weighted by Gasteiger charge is 2.26. The minimum absolute atomic E-state index is 0.0377. The van der Waals surface area contributed by atoms with Crippen molar-refractivity contribution < 1.29 is 14.3 Å². The average molecular weight is 300 g/mol. The number of esters is 1. The zero-order chi connectivity index (χ0) is 15.4. The number of carbonyl (C=O) groups is 2. The number of ether oxygens (including phenoxy) is 1. The van der Waals surface area contributed by atoms with Crippen LogP contribution in [0.25, 0.3) is 0 Å². The molecule has 114 valence electrons. The van der Waals surface area contributed by atoms with Crippen molar-refractivity contribution in [3.05, 3.63) is 25.3 Å². The van der Waals surface area contributed by atoms with Crippen molar-refractivity contribution in [3.8, 4) is 0 Å². The first-order valence-electron chi connectivity index (χ1n) is 6.67. The molecule has 0 aliphatic heterocycles. The third-order valence-corrected chi connectivity index (χ3v) is 2.96. The highest BCUT2D eigenvalue weighted by atomic mass is 32.1. The van der Waals surface area contributed by atoms with Crippen LogP contribution in [0.1, 0.15) is 26.2 Å². The molecule has 0 heterocycles. The summed E-state index contributed by atoms with van der Waals surface area (Å²) < 4.78 is 6.54. The number of hydrogen-bond acceptors (Lipinski definition) is 5. The van der Waals surface area contributed by atoms with Gasteiger partial charge in [0.05, 0.1) is 13.0 Å². The molecular weight excluding hydrogens is 276 g/mol. The lowest BCUT2D eigenvalue weighted by Gasteiger charge is -2.24. The quantitative estimate of drug-likeness (QED) is 0.264. The van der Waals surface area contributed by atoms with Gasteiger partial charge in [0.15, 0.2) is 0 Å². The number of nitrogens with zero attached hydrogens (tertiary/aromatic N) is 1. The second-order valence-corrected chi connectivity index (χ2v) is 4.75. The molecule has 0 unspecified atom stereocenters. The number of nitrogens with one attached hydrogen (secondary N) is 1. The lowest BCUT2D eigenvalue weighted by Crippen LogP contribution is -2.44. The van der Waals surface area contributed by atoms with E-state index >= 15 is 0 Å². The van der Waals surface area contributed by atoms with E-state index in [1.165, 1.54) is 4.31 Å². The molecule has 0 bridgehead atoms. The summed E-state index contributed by atoms with van der Waals surface area (Å²) in [6, 6.07) is -0.689. The zero-order valence-electron chi connectivity index (χ0n) is 12.0. The Labute approximate surface area is 126 Å². The minimum atomic E-state index is -0.689. The fourth-order valence-corrected chi connectivity index (χ4v) is 1.73. The van der Waals surface area contributed by atoms with Gasteiger partial charge in [0.2, 0.25) is 5.91 Å². The van der Waals surface area contributed by atoms with Gasteiger partial charge >= 0.3 is 5.97 Å². The predicted octanol–water partition coefficient (Wildman–Crippen LogP) is 1.72. The summed E-state index contributed by atoms with van der Waals surface area (Å²) in [6.45, 7) is 10.2. The molecule has 20 heavy (non-hydrogen) atoms. The number of hydrogen-bond donors (Lipinski definition) is 2. The van der Waals surface area contributed by atoms with Gasteiger partial charge in [-0.15, -0.1) is 13.2 Å². The second kappa shape index (κ2) is 11.5. The summed E-state index contributed by atoms with van der Waals surface area (Å²) in [5.41, 5.74) is 0. The highest BCUT2D eigenvalue weighted by Crippen LogP contribution is 2.09. The van der Waals surface area contributed by atoms with Gasteiger partial charge in [-0.3, -0.25) is 9.59 Å². The minimum Gasteiger partial charge on any atom is -0.466 e. The van der Waals surface area contributed by atoms with Crippen molar-refractivity contribution >= 4 is 24.7 Å². The van der Waals surface area contributed by atoms with Gasteiger partial charge in [-0.05, 0) is 6.42 Å². The molecule has 0 rings (SSSR count). The Morgan fingerprint density at radius 3 is 2.65 bits per heavy atom. The van der Waals surface area contributed by atoms with Crippen LogP contribution in [0.15, 0.2) is 25.3 Å². The molecule has 0 saturated carbocycles. The van der Waals surface area contributed by atoms with Gasteiger partial charge < -0.3 is 10.1 Å². The molecule has 0 fully saturated rings. The van der Waals surface area contributed by atoms with Crippen LogP contribution in [-0.4, -0.2) is 41.9 Å². The number of thiol groups is 1. The molecule has 0 spiro atoms. The molecule has 0 saturated heterocycles. The van der Waals surface area contributed by atoms with Crippen molar-refractivity contribution in [2.75, 3.05) is 19.7 Å². The van der Waals surface area contributed by atoms with Crippen molar-refractivity contribution in [1.29, 1.82) is 0 Å². The average Bonchev–Trinajstić information content (AvgIpc) is 2.42. The van der Waals surface area contributed by atoms with Crippen LogP contribution in [0.5, 0.6) is 0 Å². The lowest BCUT2D eigenvalue weighted by atomic mass is 10.2. The standard InChI is InChI=1S/C14H24N2O3S/c1-4-7-10-19-13(17)11-12(16(20)9-6-3)14(18)15-8-5-2/h5-6,12,20H,2-4,7-11H2,1H3,(H,15,18)/t12-/m1/s1. The first-order valence-corrected chi connectivity index (χ1v) is 7.07. The van der Waals surface area contributed by atoms with Crippen LogP contribution in [0, 0.1) is 0 Å². The van der Waals surface area contributed by atoms with E-state index in [9.17, 15) is 9.59 Å². The Kier molecular flexibility index (Phi) is 10.8. The summed E-state index contributed by atoms with van der Waals surface area (Å²) in [6.07, 6.45) is 4.92. The van der Waals surface area contributed by atoms with E-state index in [1.54, 1.807) is 12.2 Å². The van der Waals surface area contributed by atoms with Gasteiger partial charge in [0.1, 0.15) is 6.04 Å². The molecule has 0 radical (unpaired) electrons.